The van der Waals surface area contributed by atoms with Gasteiger partial charge in [-0.15, -0.1) is 0 Å². The fraction of sp³-hybridized carbons (Fsp3) is 0.238. The average Bonchev–Trinajstić information content (AvgIpc) is 3.17. The van der Waals surface area contributed by atoms with Gasteiger partial charge >= 0.3 is 12.1 Å². The lowest BCUT2D eigenvalue weighted by atomic mass is 10.2. The van der Waals surface area contributed by atoms with E-state index in [1.165, 1.54) is 28.4 Å². The van der Waals surface area contributed by atoms with Crippen LogP contribution in [-0.2, 0) is 14.3 Å². The third-order valence-corrected chi connectivity index (χ3v) is 5.16. The molecule has 3 aromatic rings. The second-order valence-corrected chi connectivity index (χ2v) is 7.11. The number of rotatable bonds is 7. The summed E-state index contributed by atoms with van der Waals surface area (Å²) in [6.07, 6.45) is -0.576. The van der Waals surface area contributed by atoms with Crippen LogP contribution in [0.2, 0.25) is 0 Å². The molecule has 0 aliphatic heterocycles. The Bertz CT molecular complexity index is 1020. The number of hydrogen-bond donors (Lipinski definition) is 1. The molecule has 8 nitrogen and oxygen atoms in total. The van der Waals surface area contributed by atoms with Gasteiger partial charge in [-0.25, -0.2) is 14.6 Å². The van der Waals surface area contributed by atoms with E-state index in [1.54, 1.807) is 19.1 Å². The lowest BCUT2D eigenvalue weighted by molar-refractivity contribution is -0.121. The van der Waals surface area contributed by atoms with Gasteiger partial charge in [-0.3, -0.25) is 15.0 Å². The lowest BCUT2D eigenvalue weighted by Gasteiger charge is -2.17. The first-order chi connectivity index (χ1) is 14.5. The average molecular weight is 427 g/mol. The molecule has 0 aliphatic rings. The van der Waals surface area contributed by atoms with Crippen LogP contribution < -0.4 is 10.2 Å². The normalized spacial score (nSPS) is 10.5. The van der Waals surface area contributed by atoms with Crippen molar-refractivity contribution in [3.05, 3.63) is 54.1 Å². The summed E-state index contributed by atoms with van der Waals surface area (Å²) in [6, 6.07) is 13.7. The Kier molecular flexibility index (Phi) is 6.97. The molecule has 0 saturated carbocycles. The third-order valence-electron chi connectivity index (χ3n) is 4.10. The molecule has 0 unspecified atom stereocenters. The summed E-state index contributed by atoms with van der Waals surface area (Å²) in [7, 11) is 0. The molecule has 30 heavy (non-hydrogen) atoms. The van der Waals surface area contributed by atoms with Crippen LogP contribution in [-0.4, -0.2) is 42.7 Å². The SMILES string of the molecule is CCOC(=O)Nc1ccc(C(=O)OCC(=O)N(CC)c2nc3ccccc3s2)cc1. The number of benzene rings is 2. The molecule has 9 heteroatoms. The molecule has 2 aromatic carbocycles. The Balaban J connectivity index is 1.58. The molecule has 0 spiro atoms. The first-order valence-electron chi connectivity index (χ1n) is 9.38. The number of para-hydroxylation sites is 1. The van der Waals surface area contributed by atoms with Crippen LogP contribution in [0.4, 0.5) is 15.6 Å². The molecule has 0 fully saturated rings. The summed E-state index contributed by atoms with van der Waals surface area (Å²) >= 11 is 1.41. The van der Waals surface area contributed by atoms with Crippen LogP contribution in [0.15, 0.2) is 48.5 Å². The molecule has 156 valence electrons. The lowest BCUT2D eigenvalue weighted by Crippen LogP contribution is -2.34. The molecule has 0 atom stereocenters. The van der Waals surface area contributed by atoms with Crippen molar-refractivity contribution in [1.29, 1.82) is 0 Å². The molecular weight excluding hydrogens is 406 g/mol. The second-order valence-electron chi connectivity index (χ2n) is 6.10. The Hall–Kier alpha value is -3.46. The van der Waals surface area contributed by atoms with E-state index in [-0.39, 0.29) is 18.1 Å². The first-order valence-corrected chi connectivity index (χ1v) is 10.2. The monoisotopic (exact) mass is 427 g/mol. The number of amides is 2. The summed E-state index contributed by atoms with van der Waals surface area (Å²) < 4.78 is 10.9. The predicted octanol–water partition coefficient (Wildman–Crippen LogP) is 4.07. The highest BCUT2D eigenvalue weighted by atomic mass is 32.1. The fourth-order valence-corrected chi connectivity index (χ4v) is 3.70. The molecule has 2 amide bonds. The number of carbonyl (C=O) groups excluding carboxylic acids is 3. The number of hydrogen-bond acceptors (Lipinski definition) is 7. The number of thiazole rings is 1. The smallest absolute Gasteiger partial charge is 0.411 e. The van der Waals surface area contributed by atoms with E-state index in [1.807, 2.05) is 31.2 Å². The molecule has 0 saturated heterocycles. The van der Waals surface area contributed by atoms with Gasteiger partial charge in [0.1, 0.15) is 0 Å². The predicted molar refractivity (Wildman–Crippen MR) is 115 cm³/mol. The van der Waals surface area contributed by atoms with Crippen LogP contribution in [0.25, 0.3) is 10.2 Å². The number of nitrogens with zero attached hydrogens (tertiary/aromatic N) is 2. The van der Waals surface area contributed by atoms with Crippen molar-refractivity contribution in [1.82, 2.24) is 4.98 Å². The molecule has 1 heterocycles. The largest absolute Gasteiger partial charge is 0.452 e. The van der Waals surface area contributed by atoms with Crippen molar-refractivity contribution in [3.8, 4) is 0 Å². The number of carbonyl (C=O) groups is 3. The van der Waals surface area contributed by atoms with Crippen LogP contribution in [0, 0.1) is 0 Å². The number of nitrogens with one attached hydrogen (secondary N) is 1. The maximum atomic E-state index is 12.6. The first kappa shape index (κ1) is 21.3. The number of anilines is 2. The third kappa shape index (κ3) is 5.12. The van der Waals surface area contributed by atoms with Gasteiger partial charge in [-0.1, -0.05) is 23.5 Å². The molecular formula is C21H21N3O5S. The van der Waals surface area contributed by atoms with Crippen molar-refractivity contribution >= 4 is 50.3 Å². The van der Waals surface area contributed by atoms with Gasteiger partial charge in [0.2, 0.25) is 0 Å². The number of fused-ring (bicyclic) bond motifs is 1. The molecule has 0 bridgehead atoms. The second kappa shape index (κ2) is 9.84. The minimum atomic E-state index is -0.633. The zero-order valence-corrected chi connectivity index (χ0v) is 17.4. The zero-order chi connectivity index (χ0) is 21.5. The van der Waals surface area contributed by atoms with Crippen LogP contribution in [0.1, 0.15) is 24.2 Å². The highest BCUT2D eigenvalue weighted by Crippen LogP contribution is 2.28. The van der Waals surface area contributed by atoms with E-state index in [2.05, 4.69) is 10.3 Å². The summed E-state index contributed by atoms with van der Waals surface area (Å²) in [4.78, 5) is 42.2. The van der Waals surface area contributed by atoms with Crippen molar-refractivity contribution in [2.45, 2.75) is 13.8 Å². The van der Waals surface area contributed by atoms with Gasteiger partial charge in [-0.05, 0) is 50.2 Å². The summed E-state index contributed by atoms with van der Waals surface area (Å²) in [5.41, 5.74) is 1.56. The van der Waals surface area contributed by atoms with Crippen molar-refractivity contribution in [3.63, 3.8) is 0 Å². The Morgan fingerprint density at radius 2 is 1.77 bits per heavy atom. The Labute approximate surface area is 177 Å². The summed E-state index contributed by atoms with van der Waals surface area (Å²) in [5, 5.41) is 3.10. The van der Waals surface area contributed by atoms with E-state index < -0.39 is 18.7 Å². The molecule has 0 radical (unpaired) electrons. The number of aromatic nitrogens is 1. The van der Waals surface area contributed by atoms with Gasteiger partial charge in [-0.2, -0.15) is 0 Å². The van der Waals surface area contributed by atoms with Gasteiger partial charge in [0, 0.05) is 12.2 Å². The van der Waals surface area contributed by atoms with Crippen LogP contribution in [0.5, 0.6) is 0 Å². The maximum absolute atomic E-state index is 12.6. The van der Waals surface area contributed by atoms with E-state index in [0.29, 0.717) is 17.4 Å². The van der Waals surface area contributed by atoms with E-state index in [9.17, 15) is 14.4 Å². The topological polar surface area (TPSA) is 97.8 Å². The van der Waals surface area contributed by atoms with Gasteiger partial charge in [0.05, 0.1) is 22.4 Å². The quantitative estimate of drug-likeness (QED) is 0.571. The zero-order valence-electron chi connectivity index (χ0n) is 16.6. The highest BCUT2D eigenvalue weighted by Gasteiger charge is 2.20. The van der Waals surface area contributed by atoms with Gasteiger partial charge in [0.25, 0.3) is 5.91 Å². The maximum Gasteiger partial charge on any atom is 0.411 e. The van der Waals surface area contributed by atoms with Crippen LogP contribution in [0.3, 0.4) is 0 Å². The number of likely N-dealkylation sites (N-methyl/N-ethyl adjacent to an activating group) is 1. The minimum absolute atomic E-state index is 0.260. The fourth-order valence-electron chi connectivity index (χ4n) is 2.66. The van der Waals surface area contributed by atoms with E-state index in [0.717, 1.165) is 10.2 Å². The van der Waals surface area contributed by atoms with E-state index >= 15 is 0 Å². The van der Waals surface area contributed by atoms with Gasteiger partial charge < -0.3 is 9.47 Å². The number of ether oxygens (including phenoxy) is 2. The van der Waals surface area contributed by atoms with Crippen molar-refractivity contribution in [2.75, 3.05) is 30.0 Å². The minimum Gasteiger partial charge on any atom is -0.452 e. The molecule has 0 aliphatic carbocycles. The summed E-state index contributed by atoms with van der Waals surface area (Å²) in [5.74, 6) is -0.989. The number of esters is 1. The Morgan fingerprint density at radius 3 is 2.43 bits per heavy atom. The standard InChI is InChI=1S/C21H21N3O5S/c1-3-24(20-23-16-7-5-6-8-17(16)30-20)18(25)13-29-19(26)14-9-11-15(12-10-14)22-21(27)28-4-2/h5-12H,3-4,13H2,1-2H3,(H,22,27). The summed E-state index contributed by atoms with van der Waals surface area (Å²) in [6.45, 7) is 3.81. The van der Waals surface area contributed by atoms with Crippen molar-refractivity contribution < 1.29 is 23.9 Å². The highest BCUT2D eigenvalue weighted by molar-refractivity contribution is 7.22. The van der Waals surface area contributed by atoms with Gasteiger partial charge in [0.15, 0.2) is 11.7 Å². The van der Waals surface area contributed by atoms with Crippen molar-refractivity contribution in [2.24, 2.45) is 0 Å². The molecule has 1 aromatic heterocycles. The molecule has 1 N–H and O–H groups in total. The molecule has 3 rings (SSSR count). The van der Waals surface area contributed by atoms with E-state index in [4.69, 9.17) is 9.47 Å². The Morgan fingerprint density at radius 1 is 1.03 bits per heavy atom. The van der Waals surface area contributed by atoms with Crippen LogP contribution >= 0.6 is 11.3 Å².